The van der Waals surface area contributed by atoms with E-state index in [4.69, 9.17) is 0 Å². The van der Waals surface area contributed by atoms with Crippen molar-refractivity contribution in [3.63, 3.8) is 0 Å². The summed E-state index contributed by atoms with van der Waals surface area (Å²) in [5, 5.41) is 6.97. The Morgan fingerprint density at radius 1 is 1.17 bits per heavy atom. The highest BCUT2D eigenvalue weighted by atomic mass is 32.2. The molecule has 1 unspecified atom stereocenters. The average Bonchev–Trinajstić information content (AvgIpc) is 3.47. The molecule has 2 aliphatic heterocycles. The van der Waals surface area contributed by atoms with Gasteiger partial charge in [-0.3, -0.25) is 4.79 Å². The van der Waals surface area contributed by atoms with Crippen LogP contribution in [0.2, 0.25) is 0 Å². The van der Waals surface area contributed by atoms with Gasteiger partial charge >= 0.3 is 0 Å². The predicted molar refractivity (Wildman–Crippen MR) is 139 cm³/mol. The number of thiazole rings is 2. The van der Waals surface area contributed by atoms with E-state index in [2.05, 4.69) is 20.3 Å². The standard InChI is InChI=1S/C23H28N6O3S3/c1-13-21(34-14(2)25-13)19-12-33-23(26-19)27-20-8-5-15(11-24-20)22(30)29-16-6-7-17(29)10-18(9-16)28(3)35(4,31)32/h5,8,11-12,16-18H,6-7,9-10H2,1-4H3,(H,24,26,27)/t16-,17+,18?. The number of aromatic nitrogens is 3. The van der Waals surface area contributed by atoms with Crippen molar-refractivity contribution in [2.24, 2.45) is 0 Å². The second-order valence-corrected chi connectivity index (χ2v) is 13.3. The molecular formula is C23H28N6O3S3. The van der Waals surface area contributed by atoms with Gasteiger partial charge in [-0.1, -0.05) is 0 Å². The largest absolute Gasteiger partial charge is 0.333 e. The number of pyridine rings is 1. The molecule has 9 nitrogen and oxygen atoms in total. The number of hydrogen-bond acceptors (Lipinski definition) is 9. The van der Waals surface area contributed by atoms with Gasteiger partial charge in [0, 0.05) is 36.8 Å². The number of rotatable bonds is 6. The van der Waals surface area contributed by atoms with Crippen LogP contribution in [0.5, 0.6) is 0 Å². The van der Waals surface area contributed by atoms with Crippen LogP contribution in [0.3, 0.4) is 0 Å². The van der Waals surface area contributed by atoms with E-state index in [0.29, 0.717) is 24.2 Å². The Balaban J connectivity index is 1.25. The second kappa shape index (κ2) is 9.23. The third kappa shape index (κ3) is 4.84. The minimum absolute atomic E-state index is 0.0374. The Morgan fingerprint density at radius 3 is 2.46 bits per heavy atom. The molecule has 3 atom stereocenters. The van der Waals surface area contributed by atoms with Crippen LogP contribution in [0.25, 0.3) is 10.6 Å². The lowest BCUT2D eigenvalue weighted by molar-refractivity contribution is 0.0517. The molecule has 0 aliphatic carbocycles. The molecule has 3 aromatic heterocycles. The minimum atomic E-state index is -3.25. The summed E-state index contributed by atoms with van der Waals surface area (Å²) in [5.74, 6) is 0.584. The molecule has 186 valence electrons. The fourth-order valence-corrected chi connectivity index (χ4v) is 7.48. The molecule has 2 bridgehead atoms. The Hall–Kier alpha value is -2.41. The maximum Gasteiger partial charge on any atom is 0.255 e. The van der Waals surface area contributed by atoms with Crippen LogP contribution in [-0.4, -0.2) is 69.9 Å². The van der Waals surface area contributed by atoms with Gasteiger partial charge in [-0.2, -0.15) is 0 Å². The van der Waals surface area contributed by atoms with Crippen LogP contribution in [-0.2, 0) is 10.0 Å². The molecular weight excluding hydrogens is 504 g/mol. The molecule has 0 spiro atoms. The lowest BCUT2D eigenvalue weighted by atomic mass is 9.96. The molecule has 1 amide bonds. The molecule has 35 heavy (non-hydrogen) atoms. The summed E-state index contributed by atoms with van der Waals surface area (Å²) in [7, 11) is -1.62. The predicted octanol–water partition coefficient (Wildman–Crippen LogP) is 4.05. The molecule has 5 heterocycles. The second-order valence-electron chi connectivity index (χ2n) is 9.24. The van der Waals surface area contributed by atoms with Crippen molar-refractivity contribution in [1.82, 2.24) is 24.2 Å². The van der Waals surface area contributed by atoms with Crippen LogP contribution >= 0.6 is 22.7 Å². The van der Waals surface area contributed by atoms with E-state index >= 15 is 0 Å². The number of piperidine rings is 1. The Labute approximate surface area is 213 Å². The summed E-state index contributed by atoms with van der Waals surface area (Å²) in [6, 6.07) is 3.64. The van der Waals surface area contributed by atoms with Crippen LogP contribution in [0.4, 0.5) is 10.9 Å². The first-order valence-corrected chi connectivity index (χ1v) is 15.0. The third-order valence-electron chi connectivity index (χ3n) is 6.87. The molecule has 3 aromatic rings. The van der Waals surface area contributed by atoms with Gasteiger partial charge in [-0.25, -0.2) is 27.7 Å². The summed E-state index contributed by atoms with van der Waals surface area (Å²) in [5.41, 5.74) is 2.41. The monoisotopic (exact) mass is 532 g/mol. The van der Waals surface area contributed by atoms with E-state index in [1.165, 1.54) is 21.9 Å². The lowest BCUT2D eigenvalue weighted by Crippen LogP contribution is -2.52. The van der Waals surface area contributed by atoms with Crippen molar-refractivity contribution >= 4 is 49.6 Å². The van der Waals surface area contributed by atoms with Crippen LogP contribution in [0, 0.1) is 13.8 Å². The topological polar surface area (TPSA) is 108 Å². The minimum Gasteiger partial charge on any atom is -0.333 e. The number of sulfonamides is 1. The van der Waals surface area contributed by atoms with Gasteiger partial charge in [-0.05, 0) is 51.7 Å². The SMILES string of the molecule is Cc1nc(C)c(-c2csc(Nc3ccc(C(=O)N4[C@@H]5CC[C@H]4CC(N(C)S(C)(=O)=O)C5)cn3)n2)s1. The number of nitrogens with zero attached hydrogens (tertiary/aromatic N) is 5. The van der Waals surface area contributed by atoms with Gasteiger partial charge in [-0.15, -0.1) is 22.7 Å². The van der Waals surface area contributed by atoms with Crippen LogP contribution in [0.1, 0.15) is 46.7 Å². The highest BCUT2D eigenvalue weighted by molar-refractivity contribution is 7.88. The van der Waals surface area contributed by atoms with Gasteiger partial charge in [0.25, 0.3) is 5.91 Å². The number of carbonyl (C=O) groups excluding carboxylic acids is 1. The molecule has 1 N–H and O–H groups in total. The number of fused-ring (bicyclic) bond motifs is 2. The highest BCUT2D eigenvalue weighted by Crippen LogP contribution is 2.39. The zero-order valence-corrected chi connectivity index (χ0v) is 22.5. The van der Waals surface area contributed by atoms with Gasteiger partial charge in [0.2, 0.25) is 10.0 Å². The number of anilines is 2. The van der Waals surface area contributed by atoms with Crippen LogP contribution < -0.4 is 5.32 Å². The lowest BCUT2D eigenvalue weighted by Gasteiger charge is -2.41. The Morgan fingerprint density at radius 2 is 1.89 bits per heavy atom. The van der Waals surface area contributed by atoms with E-state index in [1.807, 2.05) is 24.1 Å². The first kappa shape index (κ1) is 24.3. The normalized spacial score (nSPS) is 22.1. The zero-order chi connectivity index (χ0) is 24.9. The summed E-state index contributed by atoms with van der Waals surface area (Å²) in [6.45, 7) is 3.97. The number of amides is 1. The maximum atomic E-state index is 13.3. The van der Waals surface area contributed by atoms with Crippen molar-refractivity contribution in [1.29, 1.82) is 0 Å². The average molecular weight is 533 g/mol. The van der Waals surface area contributed by atoms with E-state index in [-0.39, 0.29) is 24.0 Å². The Kier molecular flexibility index (Phi) is 6.41. The molecule has 2 fully saturated rings. The van der Waals surface area contributed by atoms with Crippen molar-refractivity contribution in [3.05, 3.63) is 40.0 Å². The van der Waals surface area contributed by atoms with Crippen molar-refractivity contribution in [2.45, 2.75) is 57.7 Å². The summed E-state index contributed by atoms with van der Waals surface area (Å²) in [4.78, 5) is 29.9. The smallest absolute Gasteiger partial charge is 0.255 e. The molecule has 5 rings (SSSR count). The van der Waals surface area contributed by atoms with Crippen molar-refractivity contribution in [2.75, 3.05) is 18.6 Å². The molecule has 0 saturated carbocycles. The zero-order valence-electron chi connectivity index (χ0n) is 20.1. The molecule has 2 saturated heterocycles. The van der Waals surface area contributed by atoms with Crippen molar-refractivity contribution in [3.8, 4) is 10.6 Å². The maximum absolute atomic E-state index is 13.3. The Bertz CT molecular complexity index is 1340. The molecule has 0 aromatic carbocycles. The quantitative estimate of drug-likeness (QED) is 0.510. The summed E-state index contributed by atoms with van der Waals surface area (Å²) in [6.07, 6.45) is 5.99. The van der Waals surface area contributed by atoms with Crippen LogP contribution in [0.15, 0.2) is 23.7 Å². The number of carbonyl (C=O) groups is 1. The first-order valence-electron chi connectivity index (χ1n) is 11.5. The van der Waals surface area contributed by atoms with Gasteiger partial charge in [0.15, 0.2) is 5.13 Å². The van der Waals surface area contributed by atoms with E-state index < -0.39 is 10.0 Å². The molecule has 0 radical (unpaired) electrons. The van der Waals surface area contributed by atoms with Gasteiger partial charge in [0.1, 0.15) is 5.82 Å². The summed E-state index contributed by atoms with van der Waals surface area (Å²) >= 11 is 3.13. The third-order valence-corrected chi connectivity index (χ3v) is 10.1. The van der Waals surface area contributed by atoms with E-state index in [9.17, 15) is 13.2 Å². The fraction of sp³-hybridized carbons (Fsp3) is 0.478. The number of aryl methyl sites for hydroxylation is 2. The number of nitrogens with one attached hydrogen (secondary N) is 1. The first-order chi connectivity index (χ1) is 16.6. The van der Waals surface area contributed by atoms with Gasteiger partial charge in [0.05, 0.1) is 33.1 Å². The van der Waals surface area contributed by atoms with Gasteiger partial charge < -0.3 is 10.2 Å². The fourth-order valence-electron chi connectivity index (χ4n) is 5.10. The highest BCUT2D eigenvalue weighted by Gasteiger charge is 2.45. The molecule has 12 heteroatoms. The molecule has 2 aliphatic rings. The van der Waals surface area contributed by atoms with E-state index in [0.717, 1.165) is 39.2 Å². The van der Waals surface area contributed by atoms with E-state index in [1.54, 1.807) is 36.7 Å². The summed E-state index contributed by atoms with van der Waals surface area (Å²) < 4.78 is 25.4. The van der Waals surface area contributed by atoms with Crippen molar-refractivity contribution < 1.29 is 13.2 Å². The number of hydrogen-bond donors (Lipinski definition) is 1.